The Hall–Kier alpha value is -2.70. The van der Waals surface area contributed by atoms with Gasteiger partial charge < -0.3 is 19.9 Å². The van der Waals surface area contributed by atoms with Gasteiger partial charge in [-0.3, -0.25) is 9.59 Å². The highest BCUT2D eigenvalue weighted by atomic mass is 16.5. The third kappa shape index (κ3) is 5.22. The zero-order valence-corrected chi connectivity index (χ0v) is 17.5. The molecule has 2 N–H and O–H groups in total. The minimum Gasteiger partial charge on any atom is -0.379 e. The predicted octanol–water partition coefficient (Wildman–Crippen LogP) is 1.36. The Morgan fingerprint density at radius 1 is 1.10 bits per heavy atom. The van der Waals surface area contributed by atoms with Crippen molar-refractivity contribution >= 4 is 23.2 Å². The second kappa shape index (κ2) is 9.67. The van der Waals surface area contributed by atoms with Gasteiger partial charge in [-0.25, -0.2) is 0 Å². The lowest BCUT2D eigenvalue weighted by atomic mass is 10.1. The van der Waals surface area contributed by atoms with Crippen LogP contribution in [-0.2, 0) is 20.7 Å². The quantitative estimate of drug-likeness (QED) is 0.708. The number of benzene rings is 2. The Morgan fingerprint density at radius 2 is 1.90 bits per heavy atom. The van der Waals surface area contributed by atoms with Gasteiger partial charge >= 0.3 is 0 Å². The summed E-state index contributed by atoms with van der Waals surface area (Å²) in [5.74, 6) is -0.0555. The van der Waals surface area contributed by atoms with Crippen molar-refractivity contribution in [1.29, 1.82) is 0 Å². The standard InChI is InChI=1S/C23H29N3O3/c1-17-7-6-9-20(18(17)2)24-22(27)15-25(13-14-29-3)16-23(28)26-12-11-19-8-4-5-10-21(19)26/h4-10H,11-16H2,1-3H3,(H,24,27)/p+1. The molecule has 1 unspecified atom stereocenters. The minimum absolute atomic E-state index is 0.0422. The number of quaternary nitrogens is 1. The van der Waals surface area contributed by atoms with Gasteiger partial charge in [0, 0.05) is 25.0 Å². The van der Waals surface area contributed by atoms with Crippen LogP contribution in [0.4, 0.5) is 11.4 Å². The Morgan fingerprint density at radius 3 is 2.69 bits per heavy atom. The Bertz CT molecular complexity index is 881. The minimum atomic E-state index is -0.0978. The highest BCUT2D eigenvalue weighted by Crippen LogP contribution is 2.27. The van der Waals surface area contributed by atoms with Gasteiger partial charge in [-0.15, -0.1) is 0 Å². The normalized spacial score (nSPS) is 13.8. The molecule has 2 aromatic carbocycles. The fourth-order valence-corrected chi connectivity index (χ4v) is 3.70. The third-order valence-corrected chi connectivity index (χ3v) is 5.54. The first-order chi connectivity index (χ1) is 14.0. The molecule has 29 heavy (non-hydrogen) atoms. The highest BCUT2D eigenvalue weighted by molar-refractivity contribution is 5.96. The summed E-state index contributed by atoms with van der Waals surface area (Å²) in [6.45, 7) is 6.29. The Labute approximate surface area is 172 Å². The summed E-state index contributed by atoms with van der Waals surface area (Å²) in [5, 5.41) is 2.99. The van der Waals surface area contributed by atoms with Gasteiger partial charge in [-0.2, -0.15) is 0 Å². The van der Waals surface area contributed by atoms with E-state index in [-0.39, 0.29) is 24.9 Å². The number of fused-ring (bicyclic) bond motifs is 1. The zero-order chi connectivity index (χ0) is 20.8. The van der Waals surface area contributed by atoms with Crippen LogP contribution in [0.3, 0.4) is 0 Å². The number of amides is 2. The maximum Gasteiger partial charge on any atom is 0.282 e. The molecular weight excluding hydrogens is 366 g/mol. The lowest BCUT2D eigenvalue weighted by Crippen LogP contribution is -3.14. The second-order valence-electron chi connectivity index (χ2n) is 7.57. The molecule has 0 aliphatic carbocycles. The molecule has 0 aromatic heterocycles. The molecule has 1 aliphatic rings. The molecule has 2 aromatic rings. The van der Waals surface area contributed by atoms with Crippen LogP contribution in [0.1, 0.15) is 16.7 Å². The molecule has 0 fully saturated rings. The highest BCUT2D eigenvalue weighted by Gasteiger charge is 2.28. The first-order valence-corrected chi connectivity index (χ1v) is 10.1. The molecule has 0 saturated carbocycles. The van der Waals surface area contributed by atoms with Crippen molar-refractivity contribution in [3.8, 4) is 0 Å². The van der Waals surface area contributed by atoms with Crippen LogP contribution in [0, 0.1) is 13.8 Å². The van der Waals surface area contributed by atoms with Crippen LogP contribution in [0.5, 0.6) is 0 Å². The number of nitrogens with zero attached hydrogens (tertiary/aromatic N) is 1. The Kier molecular flexibility index (Phi) is 7.01. The molecule has 3 rings (SSSR count). The first kappa shape index (κ1) is 21.0. The molecule has 6 heteroatoms. The molecule has 2 amide bonds. The summed E-state index contributed by atoms with van der Waals surface area (Å²) < 4.78 is 5.19. The number of hydrogen-bond donors (Lipinski definition) is 2. The fraction of sp³-hybridized carbons (Fsp3) is 0.391. The van der Waals surface area contributed by atoms with Crippen LogP contribution < -0.4 is 15.1 Å². The van der Waals surface area contributed by atoms with Crippen molar-refractivity contribution in [2.45, 2.75) is 20.3 Å². The molecule has 154 valence electrons. The van der Waals surface area contributed by atoms with E-state index in [0.717, 1.165) is 33.8 Å². The summed E-state index contributed by atoms with van der Waals surface area (Å²) in [5.41, 5.74) is 5.20. The number of aryl methyl sites for hydroxylation is 1. The van der Waals surface area contributed by atoms with Gasteiger partial charge in [0.05, 0.1) is 6.61 Å². The van der Waals surface area contributed by atoms with Crippen molar-refractivity contribution in [3.63, 3.8) is 0 Å². The van der Waals surface area contributed by atoms with Crippen LogP contribution in [0.15, 0.2) is 42.5 Å². The maximum atomic E-state index is 13.0. The average Bonchev–Trinajstić information content (AvgIpc) is 3.14. The van der Waals surface area contributed by atoms with E-state index in [1.54, 1.807) is 7.11 Å². The van der Waals surface area contributed by atoms with Crippen LogP contribution >= 0.6 is 0 Å². The number of hydrogen-bond acceptors (Lipinski definition) is 3. The van der Waals surface area contributed by atoms with Gasteiger partial charge in [0.1, 0.15) is 6.54 Å². The van der Waals surface area contributed by atoms with E-state index in [4.69, 9.17) is 4.74 Å². The van der Waals surface area contributed by atoms with E-state index < -0.39 is 0 Å². The number of anilines is 2. The van der Waals surface area contributed by atoms with Crippen molar-refractivity contribution in [2.24, 2.45) is 0 Å². The lowest BCUT2D eigenvalue weighted by Gasteiger charge is -2.23. The smallest absolute Gasteiger partial charge is 0.282 e. The molecule has 0 saturated heterocycles. The summed E-state index contributed by atoms with van der Waals surface area (Å²) in [6.07, 6.45) is 0.877. The fourth-order valence-electron chi connectivity index (χ4n) is 3.70. The topological polar surface area (TPSA) is 63.1 Å². The molecule has 1 heterocycles. The number of rotatable bonds is 8. The van der Waals surface area contributed by atoms with E-state index in [1.165, 1.54) is 5.56 Å². The lowest BCUT2D eigenvalue weighted by molar-refractivity contribution is -0.883. The van der Waals surface area contributed by atoms with Crippen molar-refractivity contribution < 1.29 is 19.2 Å². The van der Waals surface area contributed by atoms with Crippen molar-refractivity contribution in [2.75, 3.05) is 50.1 Å². The molecule has 1 aliphatic heterocycles. The van der Waals surface area contributed by atoms with Crippen LogP contribution in [-0.4, -0.2) is 51.7 Å². The van der Waals surface area contributed by atoms with Gasteiger partial charge in [-0.05, 0) is 49.1 Å². The summed E-state index contributed by atoms with van der Waals surface area (Å²) >= 11 is 0. The molecule has 1 atom stereocenters. The number of nitrogens with one attached hydrogen (secondary N) is 2. The predicted molar refractivity (Wildman–Crippen MR) is 114 cm³/mol. The van der Waals surface area contributed by atoms with Crippen molar-refractivity contribution in [1.82, 2.24) is 0 Å². The average molecular weight is 397 g/mol. The first-order valence-electron chi connectivity index (χ1n) is 10.1. The van der Waals surface area contributed by atoms with Crippen LogP contribution in [0.2, 0.25) is 0 Å². The SMILES string of the molecule is COCC[NH+](CC(=O)Nc1cccc(C)c1C)CC(=O)N1CCc2ccccc21. The van der Waals surface area contributed by atoms with E-state index in [9.17, 15) is 9.59 Å². The monoisotopic (exact) mass is 396 g/mol. The van der Waals surface area contributed by atoms with Gasteiger partial charge in [-0.1, -0.05) is 30.3 Å². The molecular formula is C23H30N3O3+. The number of ether oxygens (including phenoxy) is 1. The second-order valence-corrected chi connectivity index (χ2v) is 7.57. The maximum absolute atomic E-state index is 13.0. The van der Waals surface area contributed by atoms with Crippen molar-refractivity contribution in [3.05, 3.63) is 59.2 Å². The molecule has 0 spiro atoms. The molecule has 6 nitrogen and oxygen atoms in total. The van der Waals surface area contributed by atoms with E-state index in [2.05, 4.69) is 11.4 Å². The Balaban J connectivity index is 1.64. The van der Waals surface area contributed by atoms with Crippen LogP contribution in [0.25, 0.3) is 0 Å². The number of para-hydroxylation sites is 1. The van der Waals surface area contributed by atoms with Gasteiger partial charge in [0.25, 0.3) is 11.8 Å². The summed E-state index contributed by atoms with van der Waals surface area (Å²) in [4.78, 5) is 28.3. The van der Waals surface area contributed by atoms with Gasteiger partial charge in [0.2, 0.25) is 0 Å². The van der Waals surface area contributed by atoms with E-state index >= 15 is 0 Å². The summed E-state index contributed by atoms with van der Waals surface area (Å²) in [6, 6.07) is 13.9. The largest absolute Gasteiger partial charge is 0.379 e. The molecule has 0 bridgehead atoms. The van der Waals surface area contributed by atoms with Gasteiger partial charge in [0.15, 0.2) is 13.1 Å². The summed E-state index contributed by atoms with van der Waals surface area (Å²) in [7, 11) is 1.63. The zero-order valence-electron chi connectivity index (χ0n) is 17.5. The third-order valence-electron chi connectivity index (χ3n) is 5.54. The van der Waals surface area contributed by atoms with E-state index in [1.807, 2.05) is 55.1 Å². The number of carbonyl (C=O) groups excluding carboxylic acids is 2. The van der Waals surface area contributed by atoms with E-state index in [0.29, 0.717) is 19.7 Å². The molecule has 0 radical (unpaired) electrons. The number of methoxy groups -OCH3 is 1. The number of carbonyl (C=O) groups is 2.